The molecular formula is C20H30O3. The Bertz CT molecular complexity index is 527. The second kappa shape index (κ2) is 5.40. The van der Waals surface area contributed by atoms with E-state index in [2.05, 4.69) is 6.92 Å². The Kier molecular flexibility index (Phi) is 3.71. The van der Waals surface area contributed by atoms with Crippen LogP contribution in [0.1, 0.15) is 71.1 Å². The molecule has 1 N–H and O–H groups in total. The summed E-state index contributed by atoms with van der Waals surface area (Å²) in [6.45, 7) is 2.52. The number of carbonyl (C=O) groups excluding carboxylic acids is 2. The first-order chi connectivity index (χ1) is 11.0. The molecule has 0 aromatic rings. The van der Waals surface area contributed by atoms with Crippen molar-refractivity contribution in [2.45, 2.75) is 71.1 Å². The van der Waals surface area contributed by atoms with E-state index in [4.69, 9.17) is 0 Å². The molecule has 4 saturated carbocycles. The topological polar surface area (TPSA) is 54.4 Å². The summed E-state index contributed by atoms with van der Waals surface area (Å²) in [4.78, 5) is 25.7. The predicted molar refractivity (Wildman–Crippen MR) is 87.8 cm³/mol. The third-order valence-electron chi connectivity index (χ3n) is 8.39. The number of hydrogen-bond acceptors (Lipinski definition) is 3. The monoisotopic (exact) mass is 318 g/mol. The second-order valence-electron chi connectivity index (χ2n) is 8.99. The summed E-state index contributed by atoms with van der Waals surface area (Å²) >= 11 is 0. The minimum Gasteiger partial charge on any atom is -0.396 e. The molecule has 4 fully saturated rings. The Hall–Kier alpha value is -0.700. The summed E-state index contributed by atoms with van der Waals surface area (Å²) in [5, 5.41) is 9.54. The van der Waals surface area contributed by atoms with Gasteiger partial charge in [0.15, 0.2) is 0 Å². The van der Waals surface area contributed by atoms with Crippen molar-refractivity contribution in [2.24, 2.45) is 34.5 Å². The first-order valence-electron chi connectivity index (χ1n) is 9.70. The molecule has 4 aliphatic carbocycles. The van der Waals surface area contributed by atoms with Crippen LogP contribution in [0.2, 0.25) is 0 Å². The quantitative estimate of drug-likeness (QED) is 0.847. The van der Waals surface area contributed by atoms with Crippen LogP contribution < -0.4 is 0 Å². The van der Waals surface area contributed by atoms with Gasteiger partial charge in [-0.2, -0.15) is 0 Å². The molecule has 0 bridgehead atoms. The maximum Gasteiger partial charge on any atom is 0.139 e. The molecule has 128 valence electrons. The van der Waals surface area contributed by atoms with E-state index in [-0.39, 0.29) is 23.9 Å². The molecule has 0 spiro atoms. The molecule has 0 amide bonds. The number of aliphatic hydroxyl groups excluding tert-OH is 1. The van der Waals surface area contributed by atoms with Crippen LogP contribution in [0.5, 0.6) is 0 Å². The average molecular weight is 318 g/mol. The molecule has 6 atom stereocenters. The van der Waals surface area contributed by atoms with E-state index in [1.807, 2.05) is 0 Å². The van der Waals surface area contributed by atoms with Crippen LogP contribution in [0, 0.1) is 34.5 Å². The van der Waals surface area contributed by atoms with E-state index < -0.39 is 0 Å². The normalized spacial score (nSPS) is 49.5. The highest BCUT2D eigenvalue weighted by molar-refractivity contribution is 5.91. The lowest BCUT2D eigenvalue weighted by Crippen LogP contribution is -2.57. The van der Waals surface area contributed by atoms with Gasteiger partial charge < -0.3 is 5.11 Å². The number of ketones is 2. The van der Waals surface area contributed by atoms with Gasteiger partial charge in [0.2, 0.25) is 0 Å². The van der Waals surface area contributed by atoms with Crippen molar-refractivity contribution >= 4 is 11.6 Å². The van der Waals surface area contributed by atoms with Crippen molar-refractivity contribution in [3.8, 4) is 0 Å². The van der Waals surface area contributed by atoms with Crippen molar-refractivity contribution in [3.63, 3.8) is 0 Å². The zero-order valence-corrected chi connectivity index (χ0v) is 14.4. The van der Waals surface area contributed by atoms with Gasteiger partial charge >= 0.3 is 0 Å². The highest BCUT2D eigenvalue weighted by Gasteiger charge is 2.63. The van der Waals surface area contributed by atoms with Crippen LogP contribution in [0.25, 0.3) is 0 Å². The predicted octanol–water partition coefficient (Wildman–Crippen LogP) is 3.53. The fraction of sp³-hybridized carbons (Fsp3) is 0.900. The SMILES string of the molecule is C[C@]12CCCCC1CC(=O)[C@H]1[C@@H]3CCC(=O)[C@@]3(CCO)CC[C@@H]12. The van der Waals surface area contributed by atoms with Crippen LogP contribution in [-0.2, 0) is 9.59 Å². The second-order valence-corrected chi connectivity index (χ2v) is 8.99. The van der Waals surface area contributed by atoms with E-state index in [9.17, 15) is 14.7 Å². The Morgan fingerprint density at radius 3 is 2.70 bits per heavy atom. The van der Waals surface area contributed by atoms with Gasteiger partial charge in [-0.05, 0) is 61.7 Å². The minimum atomic E-state index is -0.372. The fourth-order valence-electron chi connectivity index (χ4n) is 7.21. The maximum atomic E-state index is 13.0. The number of carbonyl (C=O) groups is 2. The number of Topliss-reactive ketones (excluding diaryl/α,β-unsaturated/α-hetero) is 2. The molecule has 0 heterocycles. The molecule has 4 aliphatic rings. The first-order valence-corrected chi connectivity index (χ1v) is 9.70. The lowest BCUT2D eigenvalue weighted by molar-refractivity contribution is -0.159. The van der Waals surface area contributed by atoms with E-state index in [1.165, 1.54) is 25.7 Å². The Morgan fingerprint density at radius 1 is 1.09 bits per heavy atom. The Morgan fingerprint density at radius 2 is 1.91 bits per heavy atom. The van der Waals surface area contributed by atoms with Crippen molar-refractivity contribution < 1.29 is 14.7 Å². The van der Waals surface area contributed by atoms with E-state index >= 15 is 0 Å². The van der Waals surface area contributed by atoms with E-state index in [0.717, 1.165) is 25.7 Å². The van der Waals surface area contributed by atoms with Gasteiger partial charge in [-0.15, -0.1) is 0 Å². The largest absolute Gasteiger partial charge is 0.396 e. The van der Waals surface area contributed by atoms with Gasteiger partial charge in [-0.25, -0.2) is 0 Å². The average Bonchev–Trinajstić information content (AvgIpc) is 2.86. The van der Waals surface area contributed by atoms with Gasteiger partial charge in [0.25, 0.3) is 0 Å². The molecule has 3 heteroatoms. The lowest BCUT2D eigenvalue weighted by atomic mass is 9.44. The molecular weight excluding hydrogens is 288 g/mol. The van der Waals surface area contributed by atoms with Crippen LogP contribution >= 0.6 is 0 Å². The summed E-state index contributed by atoms with van der Waals surface area (Å²) in [7, 11) is 0. The number of aliphatic hydroxyl groups is 1. The number of rotatable bonds is 2. The third kappa shape index (κ3) is 2.04. The third-order valence-corrected chi connectivity index (χ3v) is 8.39. The molecule has 0 saturated heterocycles. The highest BCUT2D eigenvalue weighted by Crippen LogP contribution is 2.65. The van der Waals surface area contributed by atoms with Crippen molar-refractivity contribution in [1.82, 2.24) is 0 Å². The van der Waals surface area contributed by atoms with Crippen LogP contribution in [0.4, 0.5) is 0 Å². The van der Waals surface area contributed by atoms with Crippen LogP contribution in [-0.4, -0.2) is 23.3 Å². The lowest BCUT2D eigenvalue weighted by Gasteiger charge is -2.59. The van der Waals surface area contributed by atoms with E-state index in [0.29, 0.717) is 41.7 Å². The van der Waals surface area contributed by atoms with Crippen molar-refractivity contribution in [2.75, 3.05) is 6.61 Å². The van der Waals surface area contributed by atoms with Gasteiger partial charge in [-0.1, -0.05) is 19.8 Å². The number of fused-ring (bicyclic) bond motifs is 5. The van der Waals surface area contributed by atoms with Crippen molar-refractivity contribution in [3.05, 3.63) is 0 Å². The molecule has 0 aromatic carbocycles. The zero-order valence-electron chi connectivity index (χ0n) is 14.4. The van der Waals surface area contributed by atoms with Crippen LogP contribution in [0.15, 0.2) is 0 Å². The summed E-state index contributed by atoms with van der Waals surface area (Å²) < 4.78 is 0. The highest BCUT2D eigenvalue weighted by atomic mass is 16.3. The summed E-state index contributed by atoms with van der Waals surface area (Å²) in [5.41, 5.74) is -0.0583. The van der Waals surface area contributed by atoms with Gasteiger partial charge in [0.05, 0.1) is 0 Å². The zero-order chi connectivity index (χ0) is 16.2. The molecule has 0 aliphatic heterocycles. The van der Waals surface area contributed by atoms with Gasteiger partial charge in [0.1, 0.15) is 11.6 Å². The van der Waals surface area contributed by atoms with Crippen LogP contribution in [0.3, 0.4) is 0 Å². The van der Waals surface area contributed by atoms with Crippen molar-refractivity contribution in [1.29, 1.82) is 0 Å². The van der Waals surface area contributed by atoms with E-state index in [1.54, 1.807) is 0 Å². The Balaban J connectivity index is 1.71. The standard InChI is InChI=1S/C20H30O3/c1-19-8-3-2-4-13(19)12-16(22)18-14(19)7-9-20(10-11-21)15(18)5-6-17(20)23/h13-15,18,21H,2-12H2,1H3/t13?,14-,15-,18+,19-,20+/m0/s1. The molecule has 0 aromatic heterocycles. The first kappa shape index (κ1) is 15.8. The summed E-state index contributed by atoms with van der Waals surface area (Å²) in [6, 6.07) is 0. The summed E-state index contributed by atoms with van der Waals surface area (Å²) in [5.74, 6) is 2.15. The number of hydrogen-bond donors (Lipinski definition) is 1. The van der Waals surface area contributed by atoms with Gasteiger partial charge in [0, 0.05) is 30.8 Å². The molecule has 1 unspecified atom stereocenters. The fourth-order valence-corrected chi connectivity index (χ4v) is 7.21. The molecule has 4 rings (SSSR count). The van der Waals surface area contributed by atoms with Gasteiger partial charge in [-0.3, -0.25) is 9.59 Å². The smallest absolute Gasteiger partial charge is 0.139 e. The minimum absolute atomic E-state index is 0.0771. The summed E-state index contributed by atoms with van der Waals surface area (Å²) in [6.07, 6.45) is 9.83. The molecule has 0 radical (unpaired) electrons. The molecule has 3 nitrogen and oxygen atoms in total. The maximum absolute atomic E-state index is 13.0. The Labute approximate surface area is 139 Å². The molecule has 23 heavy (non-hydrogen) atoms.